The number of fused-ring (bicyclic) bond motifs is 3. The molecule has 10 nitrogen and oxygen atoms in total. The number of hydrogen-bond acceptors (Lipinski definition) is 8. The fourth-order valence-corrected chi connectivity index (χ4v) is 4.86. The Hall–Kier alpha value is -3.92. The molecule has 0 N–H and O–H groups in total. The van der Waals surface area contributed by atoms with Crippen LogP contribution in [0.1, 0.15) is 19.8 Å². The van der Waals surface area contributed by atoms with Crippen LogP contribution in [0.25, 0.3) is 33.7 Å². The molecule has 1 aromatic carbocycles. The van der Waals surface area contributed by atoms with Gasteiger partial charge in [0.05, 0.1) is 22.5 Å². The zero-order valence-corrected chi connectivity index (χ0v) is 18.7. The van der Waals surface area contributed by atoms with Crippen LogP contribution >= 0.6 is 0 Å². The van der Waals surface area contributed by atoms with Crippen molar-refractivity contribution in [2.45, 2.75) is 38.5 Å². The molecule has 2 bridgehead atoms. The van der Waals surface area contributed by atoms with Crippen LogP contribution in [0, 0.1) is 10.1 Å². The molecule has 2 saturated heterocycles. The van der Waals surface area contributed by atoms with Gasteiger partial charge < -0.3 is 9.64 Å². The van der Waals surface area contributed by atoms with Crippen molar-refractivity contribution >= 4 is 22.5 Å². The van der Waals surface area contributed by atoms with Crippen LogP contribution in [-0.2, 0) is 11.3 Å². The fraction of sp³-hybridized carbons (Fsp3) is 0.333. The second-order valence-electron chi connectivity index (χ2n) is 8.64. The van der Waals surface area contributed by atoms with Gasteiger partial charge >= 0.3 is 0 Å². The Labute approximate surface area is 195 Å². The number of rotatable bonds is 5. The van der Waals surface area contributed by atoms with Gasteiger partial charge in [0.25, 0.3) is 5.69 Å². The highest BCUT2D eigenvalue weighted by molar-refractivity contribution is 6.00. The summed E-state index contributed by atoms with van der Waals surface area (Å²) in [5.74, 6) is 1.33. The van der Waals surface area contributed by atoms with Crippen LogP contribution in [0.15, 0.2) is 48.8 Å². The molecule has 172 valence electrons. The van der Waals surface area contributed by atoms with Crippen LogP contribution in [0.3, 0.4) is 0 Å². The average Bonchev–Trinajstić information content (AvgIpc) is 3.42. The molecule has 10 heteroatoms. The third-order valence-corrected chi connectivity index (χ3v) is 6.49. The first kappa shape index (κ1) is 20.7. The summed E-state index contributed by atoms with van der Waals surface area (Å²) in [6.07, 6.45) is 6.03. The Balaban J connectivity index is 1.57. The minimum Gasteiger partial charge on any atom is -0.371 e. The SMILES string of the molecule is CCn1nc(-c2cccnc2)c2c(N3CC4CCC(C3)O4)nc(-c3ccc([N+](=O)[O-])cc3)nc21. The average molecular weight is 457 g/mol. The number of aromatic nitrogens is 5. The Kier molecular flexibility index (Phi) is 4.95. The second kappa shape index (κ2) is 8.14. The lowest BCUT2D eigenvalue weighted by Gasteiger charge is -2.33. The first-order valence-electron chi connectivity index (χ1n) is 11.4. The van der Waals surface area contributed by atoms with Gasteiger partial charge in [0.15, 0.2) is 11.5 Å². The largest absolute Gasteiger partial charge is 0.371 e. The predicted molar refractivity (Wildman–Crippen MR) is 126 cm³/mol. The number of aryl methyl sites for hydroxylation is 1. The maximum atomic E-state index is 11.1. The minimum absolute atomic E-state index is 0.0345. The first-order valence-corrected chi connectivity index (χ1v) is 11.4. The molecule has 0 amide bonds. The number of morpholine rings is 1. The summed E-state index contributed by atoms with van der Waals surface area (Å²) in [4.78, 5) is 27.2. The molecule has 6 rings (SSSR count). The molecule has 5 heterocycles. The number of nitro benzene ring substituents is 1. The van der Waals surface area contributed by atoms with Crippen LogP contribution < -0.4 is 4.90 Å². The summed E-state index contributed by atoms with van der Waals surface area (Å²) in [7, 11) is 0. The van der Waals surface area contributed by atoms with Gasteiger partial charge in [-0.05, 0) is 44.0 Å². The van der Waals surface area contributed by atoms with Crippen molar-refractivity contribution in [1.29, 1.82) is 0 Å². The molecule has 2 aliphatic rings. The van der Waals surface area contributed by atoms with E-state index in [-0.39, 0.29) is 17.9 Å². The second-order valence-corrected chi connectivity index (χ2v) is 8.64. The minimum atomic E-state index is -0.408. The zero-order chi connectivity index (χ0) is 23.2. The Morgan fingerprint density at radius 2 is 1.85 bits per heavy atom. The lowest BCUT2D eigenvalue weighted by molar-refractivity contribution is -0.384. The Morgan fingerprint density at radius 1 is 1.09 bits per heavy atom. The van der Waals surface area contributed by atoms with Crippen LogP contribution in [0.4, 0.5) is 11.5 Å². The van der Waals surface area contributed by atoms with Gasteiger partial charge in [-0.3, -0.25) is 15.1 Å². The lowest BCUT2D eigenvalue weighted by atomic mass is 10.1. The topological polar surface area (TPSA) is 112 Å². The molecule has 2 unspecified atom stereocenters. The van der Waals surface area contributed by atoms with E-state index in [9.17, 15) is 10.1 Å². The van der Waals surface area contributed by atoms with Crippen LogP contribution in [0.5, 0.6) is 0 Å². The van der Waals surface area contributed by atoms with E-state index >= 15 is 0 Å². The van der Waals surface area contributed by atoms with Crippen molar-refractivity contribution < 1.29 is 9.66 Å². The smallest absolute Gasteiger partial charge is 0.269 e. The number of pyridine rings is 1. The summed E-state index contributed by atoms with van der Waals surface area (Å²) in [6.45, 7) is 4.18. The fourth-order valence-electron chi connectivity index (χ4n) is 4.86. The summed E-state index contributed by atoms with van der Waals surface area (Å²) >= 11 is 0. The zero-order valence-electron chi connectivity index (χ0n) is 18.7. The normalized spacial score (nSPS) is 19.6. The molecule has 2 atom stereocenters. The molecule has 0 aliphatic carbocycles. The Bertz CT molecular complexity index is 1360. The van der Waals surface area contributed by atoms with Crippen molar-refractivity contribution in [2.75, 3.05) is 18.0 Å². The van der Waals surface area contributed by atoms with Gasteiger partial charge in [0.1, 0.15) is 11.5 Å². The molecule has 4 aromatic rings. The number of ether oxygens (including phenoxy) is 1. The highest BCUT2D eigenvalue weighted by Gasteiger charge is 2.36. The van der Waals surface area contributed by atoms with Crippen molar-refractivity contribution in [3.05, 3.63) is 58.9 Å². The maximum Gasteiger partial charge on any atom is 0.269 e. The molecular formula is C24H23N7O3. The van der Waals surface area contributed by atoms with Gasteiger partial charge in [-0.25, -0.2) is 14.6 Å². The predicted octanol–water partition coefficient (Wildman–Crippen LogP) is 3.85. The number of non-ortho nitro benzene ring substituents is 1. The first-order chi connectivity index (χ1) is 16.6. The van der Waals surface area contributed by atoms with Crippen LogP contribution in [-0.4, -0.2) is 55.0 Å². The van der Waals surface area contributed by atoms with E-state index in [0.29, 0.717) is 12.4 Å². The maximum absolute atomic E-state index is 11.1. The molecule has 2 fully saturated rings. The number of hydrogen-bond donors (Lipinski definition) is 0. The molecule has 0 saturated carbocycles. The molecule has 2 aliphatic heterocycles. The Morgan fingerprint density at radius 3 is 2.50 bits per heavy atom. The van der Waals surface area contributed by atoms with Crippen molar-refractivity contribution in [3.63, 3.8) is 0 Å². The number of benzene rings is 1. The van der Waals surface area contributed by atoms with Crippen molar-refractivity contribution in [1.82, 2.24) is 24.7 Å². The van der Waals surface area contributed by atoms with E-state index in [1.165, 1.54) is 12.1 Å². The number of nitrogens with zero attached hydrogens (tertiary/aromatic N) is 7. The summed E-state index contributed by atoms with van der Waals surface area (Å²) < 4.78 is 7.95. The van der Waals surface area contributed by atoms with E-state index in [1.54, 1.807) is 24.5 Å². The molecule has 0 spiro atoms. The quantitative estimate of drug-likeness (QED) is 0.328. The summed E-state index contributed by atoms with van der Waals surface area (Å²) in [6, 6.07) is 10.2. The summed E-state index contributed by atoms with van der Waals surface area (Å²) in [5.41, 5.74) is 3.19. The van der Waals surface area contributed by atoms with E-state index in [2.05, 4.69) is 9.88 Å². The van der Waals surface area contributed by atoms with E-state index < -0.39 is 4.92 Å². The third-order valence-electron chi connectivity index (χ3n) is 6.49. The van der Waals surface area contributed by atoms with Crippen molar-refractivity contribution in [2.24, 2.45) is 0 Å². The third kappa shape index (κ3) is 3.47. The van der Waals surface area contributed by atoms with Crippen LogP contribution in [0.2, 0.25) is 0 Å². The molecule has 34 heavy (non-hydrogen) atoms. The highest BCUT2D eigenvalue weighted by Crippen LogP contribution is 2.38. The number of anilines is 1. The monoisotopic (exact) mass is 457 g/mol. The van der Waals surface area contributed by atoms with Gasteiger partial charge in [0, 0.05) is 55.3 Å². The highest BCUT2D eigenvalue weighted by atomic mass is 16.6. The van der Waals surface area contributed by atoms with E-state index in [4.69, 9.17) is 19.8 Å². The molecule has 3 aromatic heterocycles. The molecule has 0 radical (unpaired) electrons. The molecular weight excluding hydrogens is 434 g/mol. The van der Waals surface area contributed by atoms with Gasteiger partial charge in [-0.2, -0.15) is 5.10 Å². The van der Waals surface area contributed by atoms with E-state index in [1.807, 2.05) is 23.7 Å². The van der Waals surface area contributed by atoms with Crippen molar-refractivity contribution in [3.8, 4) is 22.6 Å². The lowest BCUT2D eigenvalue weighted by Crippen LogP contribution is -2.43. The number of nitro groups is 1. The van der Waals surface area contributed by atoms with Gasteiger partial charge in [-0.1, -0.05) is 0 Å². The summed E-state index contributed by atoms with van der Waals surface area (Å²) in [5, 5.41) is 16.9. The van der Waals surface area contributed by atoms with Gasteiger partial charge in [-0.15, -0.1) is 0 Å². The van der Waals surface area contributed by atoms with Gasteiger partial charge in [0.2, 0.25) is 0 Å². The standard InChI is InChI=1S/C24H23N7O3/c1-2-30-24-20(21(28-30)16-4-3-11-25-12-16)23(29-13-18-9-10-19(14-29)34-18)26-22(27-24)15-5-7-17(8-6-15)31(32)33/h3-8,11-12,18-19H,2,9-10,13-14H2,1H3. The van der Waals surface area contributed by atoms with E-state index in [0.717, 1.165) is 59.6 Å².